The van der Waals surface area contributed by atoms with Gasteiger partial charge in [-0.15, -0.1) is 0 Å². The number of hydrogen-bond acceptors (Lipinski definition) is 4. The molecule has 0 aliphatic carbocycles. The Hall–Kier alpha value is -2.86. The summed E-state index contributed by atoms with van der Waals surface area (Å²) in [6.07, 6.45) is 0. The average molecular weight is 375 g/mol. The van der Waals surface area contributed by atoms with Gasteiger partial charge in [-0.1, -0.05) is 29.8 Å². The molecule has 2 aromatic carbocycles. The van der Waals surface area contributed by atoms with Crippen molar-refractivity contribution in [3.63, 3.8) is 0 Å². The molecule has 0 heterocycles. The highest BCUT2D eigenvalue weighted by Crippen LogP contribution is 2.27. The van der Waals surface area contributed by atoms with Crippen LogP contribution in [0.1, 0.15) is 24.2 Å². The number of nitrogens with one attached hydrogen (secondary N) is 2. The Morgan fingerprint density at radius 3 is 2.19 bits per heavy atom. The summed E-state index contributed by atoms with van der Waals surface area (Å²) in [6.45, 7) is 3.00. The molecule has 2 N–H and O–H groups in total. The second-order valence-electron chi connectivity index (χ2n) is 6.09. The van der Waals surface area contributed by atoms with Crippen LogP contribution in [0.4, 0.5) is 11.4 Å². The van der Waals surface area contributed by atoms with Crippen molar-refractivity contribution in [2.75, 3.05) is 17.7 Å². The number of ether oxygens (including phenoxy) is 1. The average Bonchev–Trinajstić information content (AvgIpc) is 2.63. The SMILES string of the molecule is COC(=O)c1ccc(Cl)c(NC(=O)C(C)(C)C(=O)Nc2ccccc2)c1. The summed E-state index contributed by atoms with van der Waals surface area (Å²) < 4.78 is 4.65. The van der Waals surface area contributed by atoms with E-state index in [1.54, 1.807) is 24.3 Å². The summed E-state index contributed by atoms with van der Waals surface area (Å²) in [5, 5.41) is 5.53. The zero-order valence-electron chi connectivity index (χ0n) is 14.6. The first-order valence-electron chi connectivity index (χ1n) is 7.81. The van der Waals surface area contributed by atoms with Gasteiger partial charge in [-0.05, 0) is 44.2 Å². The molecule has 2 rings (SSSR count). The molecule has 0 aromatic heterocycles. The summed E-state index contributed by atoms with van der Waals surface area (Å²) in [4.78, 5) is 36.7. The maximum absolute atomic E-state index is 12.6. The lowest BCUT2D eigenvalue weighted by Crippen LogP contribution is -2.41. The van der Waals surface area contributed by atoms with Crippen LogP contribution in [-0.2, 0) is 14.3 Å². The van der Waals surface area contributed by atoms with E-state index in [9.17, 15) is 14.4 Å². The molecule has 0 fully saturated rings. The van der Waals surface area contributed by atoms with E-state index < -0.39 is 23.2 Å². The predicted molar refractivity (Wildman–Crippen MR) is 100 cm³/mol. The van der Waals surface area contributed by atoms with Crippen LogP contribution in [0.3, 0.4) is 0 Å². The molecule has 0 aliphatic rings. The molecule has 0 saturated heterocycles. The maximum Gasteiger partial charge on any atom is 0.337 e. The Morgan fingerprint density at radius 2 is 1.58 bits per heavy atom. The van der Waals surface area contributed by atoms with Gasteiger partial charge in [0.25, 0.3) is 0 Å². The van der Waals surface area contributed by atoms with E-state index in [0.717, 1.165) is 0 Å². The van der Waals surface area contributed by atoms with Gasteiger partial charge < -0.3 is 15.4 Å². The number of para-hydroxylation sites is 1. The summed E-state index contributed by atoms with van der Waals surface area (Å²) in [7, 11) is 1.26. The third kappa shape index (κ3) is 4.40. The highest BCUT2D eigenvalue weighted by atomic mass is 35.5. The summed E-state index contributed by atoms with van der Waals surface area (Å²) >= 11 is 6.08. The number of carbonyl (C=O) groups excluding carboxylic acids is 3. The molecule has 6 nitrogen and oxygen atoms in total. The quantitative estimate of drug-likeness (QED) is 0.617. The first kappa shape index (κ1) is 19.5. The minimum Gasteiger partial charge on any atom is -0.465 e. The molecule has 26 heavy (non-hydrogen) atoms. The van der Waals surface area contributed by atoms with Crippen LogP contribution in [-0.4, -0.2) is 24.9 Å². The minimum absolute atomic E-state index is 0.222. The second-order valence-corrected chi connectivity index (χ2v) is 6.49. The van der Waals surface area contributed by atoms with Gasteiger partial charge >= 0.3 is 5.97 Å². The van der Waals surface area contributed by atoms with Gasteiger partial charge in [0, 0.05) is 5.69 Å². The van der Waals surface area contributed by atoms with Crippen molar-refractivity contribution in [3.8, 4) is 0 Å². The van der Waals surface area contributed by atoms with Gasteiger partial charge in [-0.25, -0.2) is 4.79 Å². The molecule has 0 unspecified atom stereocenters. The topological polar surface area (TPSA) is 84.5 Å². The van der Waals surface area contributed by atoms with Crippen LogP contribution in [0, 0.1) is 5.41 Å². The first-order valence-corrected chi connectivity index (χ1v) is 8.19. The third-order valence-electron chi connectivity index (χ3n) is 3.80. The van der Waals surface area contributed by atoms with E-state index in [-0.39, 0.29) is 16.3 Å². The molecule has 0 spiro atoms. The monoisotopic (exact) mass is 374 g/mol. The van der Waals surface area contributed by atoms with Crippen molar-refractivity contribution >= 4 is 40.8 Å². The van der Waals surface area contributed by atoms with Gasteiger partial charge in [0.1, 0.15) is 5.41 Å². The molecular weight excluding hydrogens is 356 g/mol. The van der Waals surface area contributed by atoms with Crippen LogP contribution in [0.2, 0.25) is 5.02 Å². The fourth-order valence-corrected chi connectivity index (χ4v) is 2.22. The van der Waals surface area contributed by atoms with Crippen molar-refractivity contribution in [1.82, 2.24) is 0 Å². The number of hydrogen-bond donors (Lipinski definition) is 2. The first-order chi connectivity index (χ1) is 12.3. The molecule has 0 saturated carbocycles. The molecule has 0 radical (unpaired) electrons. The Labute approximate surface area is 156 Å². The number of benzene rings is 2. The molecule has 2 aromatic rings. The third-order valence-corrected chi connectivity index (χ3v) is 4.13. The molecular formula is C19H19ClN2O4. The van der Waals surface area contributed by atoms with Gasteiger partial charge in [-0.3, -0.25) is 9.59 Å². The second kappa shape index (κ2) is 8.01. The van der Waals surface area contributed by atoms with Crippen molar-refractivity contribution < 1.29 is 19.1 Å². The highest BCUT2D eigenvalue weighted by Gasteiger charge is 2.36. The number of esters is 1. The van der Waals surface area contributed by atoms with Crippen molar-refractivity contribution in [2.45, 2.75) is 13.8 Å². The van der Waals surface area contributed by atoms with Gasteiger partial charge in [0.15, 0.2) is 0 Å². The van der Waals surface area contributed by atoms with E-state index in [1.165, 1.54) is 39.2 Å². The maximum atomic E-state index is 12.6. The van der Waals surface area contributed by atoms with Crippen LogP contribution < -0.4 is 10.6 Å². The van der Waals surface area contributed by atoms with Crippen molar-refractivity contribution in [1.29, 1.82) is 0 Å². The number of carbonyl (C=O) groups is 3. The highest BCUT2D eigenvalue weighted by molar-refractivity contribution is 6.34. The Balaban J connectivity index is 2.17. The summed E-state index contributed by atoms with van der Waals surface area (Å²) in [6, 6.07) is 13.2. The number of amides is 2. The van der Waals surface area contributed by atoms with Crippen LogP contribution in [0.5, 0.6) is 0 Å². The standard InChI is InChI=1S/C19H19ClN2O4/c1-19(2,17(24)21-13-7-5-4-6-8-13)18(25)22-15-11-12(16(23)26-3)9-10-14(15)20/h4-11H,1-3H3,(H,21,24)(H,22,25). The smallest absolute Gasteiger partial charge is 0.337 e. The fraction of sp³-hybridized carbons (Fsp3) is 0.211. The lowest BCUT2D eigenvalue weighted by atomic mass is 9.90. The number of rotatable bonds is 5. The fourth-order valence-electron chi connectivity index (χ4n) is 2.06. The zero-order valence-corrected chi connectivity index (χ0v) is 15.4. The molecule has 136 valence electrons. The number of halogens is 1. The minimum atomic E-state index is -1.37. The van der Waals surface area contributed by atoms with E-state index in [0.29, 0.717) is 5.69 Å². The lowest BCUT2D eigenvalue weighted by molar-refractivity contribution is -0.135. The van der Waals surface area contributed by atoms with Gasteiger partial charge in [0.05, 0.1) is 23.4 Å². The predicted octanol–water partition coefficient (Wildman–Crippen LogP) is 3.73. The van der Waals surface area contributed by atoms with E-state index in [2.05, 4.69) is 15.4 Å². The van der Waals surface area contributed by atoms with Crippen molar-refractivity contribution in [2.24, 2.45) is 5.41 Å². The van der Waals surface area contributed by atoms with E-state index in [1.807, 2.05) is 6.07 Å². The normalized spacial score (nSPS) is 10.8. The lowest BCUT2D eigenvalue weighted by Gasteiger charge is -2.23. The van der Waals surface area contributed by atoms with Gasteiger partial charge in [-0.2, -0.15) is 0 Å². The van der Waals surface area contributed by atoms with Crippen LogP contribution >= 0.6 is 11.6 Å². The van der Waals surface area contributed by atoms with Crippen LogP contribution in [0.25, 0.3) is 0 Å². The molecule has 7 heteroatoms. The van der Waals surface area contributed by atoms with Gasteiger partial charge in [0.2, 0.25) is 11.8 Å². The molecule has 0 aliphatic heterocycles. The van der Waals surface area contributed by atoms with E-state index >= 15 is 0 Å². The molecule has 2 amide bonds. The number of methoxy groups -OCH3 is 1. The van der Waals surface area contributed by atoms with Crippen LogP contribution in [0.15, 0.2) is 48.5 Å². The molecule has 0 bridgehead atoms. The Kier molecular flexibility index (Phi) is 6.00. The van der Waals surface area contributed by atoms with E-state index in [4.69, 9.17) is 11.6 Å². The summed E-state index contributed by atoms with van der Waals surface area (Å²) in [5.74, 6) is -1.59. The number of anilines is 2. The summed E-state index contributed by atoms with van der Waals surface area (Å²) in [5.41, 5.74) is -0.330. The largest absolute Gasteiger partial charge is 0.465 e. The molecule has 0 atom stereocenters. The Morgan fingerprint density at radius 1 is 0.962 bits per heavy atom. The van der Waals surface area contributed by atoms with Crippen molar-refractivity contribution in [3.05, 3.63) is 59.1 Å². The Bertz CT molecular complexity index is 835. The zero-order chi connectivity index (χ0) is 19.3.